The zero-order chi connectivity index (χ0) is 24.7. The largest absolute Gasteiger partial charge is 0.465 e. The average Bonchev–Trinajstić information content (AvgIpc) is 3.15. The van der Waals surface area contributed by atoms with Crippen LogP contribution >= 0.6 is 0 Å². The number of halogens is 1. The van der Waals surface area contributed by atoms with E-state index in [1.54, 1.807) is 0 Å². The van der Waals surface area contributed by atoms with Crippen molar-refractivity contribution in [3.63, 3.8) is 0 Å². The number of aromatic nitrogens is 3. The Labute approximate surface area is 193 Å². The molecule has 13 heteroatoms. The molecule has 2 atom stereocenters. The number of likely N-dealkylation sites (tertiary alicyclic amines) is 1. The van der Waals surface area contributed by atoms with E-state index in [2.05, 4.69) is 15.4 Å². The Bertz CT molecular complexity index is 1460. The number of anilines is 2. The lowest BCUT2D eigenvalue weighted by molar-refractivity contribution is 0.0170. The number of hydrogen-bond donors (Lipinski definition) is 3. The highest BCUT2D eigenvalue weighted by molar-refractivity contribution is 7.90. The van der Waals surface area contributed by atoms with E-state index in [0.717, 1.165) is 11.2 Å². The number of rotatable bonds is 5. The first-order valence-electron chi connectivity index (χ1n) is 10.2. The summed E-state index contributed by atoms with van der Waals surface area (Å²) >= 11 is 0. The minimum absolute atomic E-state index is 0.00229. The monoisotopic (exact) mass is 488 g/mol. The second-order valence-corrected chi connectivity index (χ2v) is 10.1. The highest BCUT2D eigenvalue weighted by Gasteiger charge is 2.48. The molecular weight excluding hydrogens is 467 g/mol. The molecule has 1 fully saturated rings. The van der Waals surface area contributed by atoms with Crippen molar-refractivity contribution in [3.8, 4) is 6.07 Å². The first-order chi connectivity index (χ1) is 16.1. The van der Waals surface area contributed by atoms with Crippen molar-refractivity contribution in [1.29, 1.82) is 5.26 Å². The molecule has 2 aromatic heterocycles. The van der Waals surface area contributed by atoms with Crippen molar-refractivity contribution < 1.29 is 22.7 Å². The molecule has 0 aliphatic carbocycles. The topological polar surface area (TPSA) is 161 Å². The molecule has 3 N–H and O–H groups in total. The standard InChI is InChI=1S/C21H21FN6O5S/c1-34(32,33)14-4-2-13(3-5-14)25-18-17-15(6-10-24-19(17)29)28(26-18)21(7-9-23)8-11-27(20(30)31)12-16(21)22/h2-6,10,16H,7-8,11-12H2,1H3,(H,24,29)(H,25,26)(H,30,31)/t16-,21-/m0/s1. The zero-order valence-electron chi connectivity index (χ0n) is 18.0. The third-order valence-electron chi connectivity index (χ3n) is 6.00. The highest BCUT2D eigenvalue weighted by atomic mass is 32.2. The Morgan fingerprint density at radius 1 is 1.38 bits per heavy atom. The summed E-state index contributed by atoms with van der Waals surface area (Å²) in [4.78, 5) is 27.6. The van der Waals surface area contributed by atoms with Crippen molar-refractivity contribution >= 4 is 38.3 Å². The van der Waals surface area contributed by atoms with Crippen molar-refractivity contribution in [2.75, 3.05) is 24.7 Å². The minimum Gasteiger partial charge on any atom is -0.465 e. The second kappa shape index (κ2) is 8.45. The number of amides is 1. The van der Waals surface area contributed by atoms with Gasteiger partial charge in [0.1, 0.15) is 17.1 Å². The summed E-state index contributed by atoms with van der Waals surface area (Å²) in [7, 11) is -3.40. The van der Waals surface area contributed by atoms with Crippen LogP contribution in [0.25, 0.3) is 10.9 Å². The van der Waals surface area contributed by atoms with Gasteiger partial charge in [0, 0.05) is 24.7 Å². The lowest BCUT2D eigenvalue weighted by Gasteiger charge is -2.42. The van der Waals surface area contributed by atoms with Crippen LogP contribution in [0.5, 0.6) is 0 Å². The molecular formula is C21H21FN6O5S. The first kappa shape index (κ1) is 23.2. The normalized spacial score (nSPS) is 20.7. The summed E-state index contributed by atoms with van der Waals surface area (Å²) in [6, 6.07) is 9.33. The van der Waals surface area contributed by atoms with Crippen LogP contribution in [0.3, 0.4) is 0 Å². The Hall–Kier alpha value is -3.92. The number of fused-ring (bicyclic) bond motifs is 1. The maximum Gasteiger partial charge on any atom is 0.407 e. The molecule has 3 aromatic rings. The predicted molar refractivity (Wildman–Crippen MR) is 121 cm³/mol. The van der Waals surface area contributed by atoms with E-state index in [1.807, 2.05) is 6.07 Å². The number of H-pyrrole nitrogens is 1. The number of alkyl halides is 1. The molecule has 3 heterocycles. The van der Waals surface area contributed by atoms with E-state index in [1.165, 1.54) is 41.2 Å². The van der Waals surface area contributed by atoms with Crippen LogP contribution in [0.2, 0.25) is 0 Å². The van der Waals surface area contributed by atoms with Crippen LogP contribution in [-0.2, 0) is 15.4 Å². The molecule has 34 heavy (non-hydrogen) atoms. The molecule has 1 aliphatic heterocycles. The summed E-state index contributed by atoms with van der Waals surface area (Å²) < 4.78 is 40.2. The van der Waals surface area contributed by atoms with Crippen LogP contribution in [-0.4, -0.2) is 64.8 Å². The molecule has 178 valence electrons. The average molecular weight is 489 g/mol. The van der Waals surface area contributed by atoms with E-state index >= 15 is 4.39 Å². The summed E-state index contributed by atoms with van der Waals surface area (Å²) in [6.07, 6.45) is -0.834. The molecule has 1 saturated heterocycles. The fraction of sp³-hybridized carbons (Fsp3) is 0.333. The van der Waals surface area contributed by atoms with Gasteiger partial charge in [-0.2, -0.15) is 10.4 Å². The van der Waals surface area contributed by atoms with Crippen molar-refractivity contribution in [3.05, 3.63) is 46.9 Å². The molecule has 1 amide bonds. The molecule has 4 rings (SSSR count). The number of nitriles is 1. The van der Waals surface area contributed by atoms with Crippen LogP contribution in [0, 0.1) is 11.3 Å². The van der Waals surface area contributed by atoms with Gasteiger partial charge in [0.05, 0.1) is 29.4 Å². The van der Waals surface area contributed by atoms with Crippen LogP contribution in [0.15, 0.2) is 46.2 Å². The number of carboxylic acid groups (broad SMARTS) is 1. The van der Waals surface area contributed by atoms with Gasteiger partial charge in [-0.15, -0.1) is 0 Å². The van der Waals surface area contributed by atoms with Crippen LogP contribution in [0.4, 0.5) is 20.7 Å². The molecule has 0 unspecified atom stereocenters. The maximum absolute atomic E-state index is 15.5. The Morgan fingerprint density at radius 3 is 2.68 bits per heavy atom. The van der Waals surface area contributed by atoms with Gasteiger partial charge in [-0.3, -0.25) is 9.48 Å². The van der Waals surface area contributed by atoms with Crippen molar-refractivity contribution in [2.45, 2.75) is 29.4 Å². The third kappa shape index (κ3) is 3.96. The van der Waals surface area contributed by atoms with E-state index in [4.69, 9.17) is 0 Å². The van der Waals surface area contributed by atoms with E-state index in [-0.39, 0.29) is 41.0 Å². The fourth-order valence-corrected chi connectivity index (χ4v) is 4.82. The maximum atomic E-state index is 15.5. The number of nitrogens with zero attached hydrogens (tertiary/aromatic N) is 4. The van der Waals surface area contributed by atoms with Gasteiger partial charge < -0.3 is 20.3 Å². The van der Waals surface area contributed by atoms with Crippen LogP contribution < -0.4 is 10.9 Å². The lowest BCUT2D eigenvalue weighted by atomic mass is 9.83. The number of nitrogens with one attached hydrogen (secondary N) is 2. The highest BCUT2D eigenvalue weighted by Crippen LogP contribution is 2.39. The van der Waals surface area contributed by atoms with Gasteiger partial charge in [0.2, 0.25) is 0 Å². The summed E-state index contributed by atoms with van der Waals surface area (Å²) in [5, 5.41) is 26.3. The number of piperidine rings is 1. The van der Waals surface area contributed by atoms with Gasteiger partial charge >= 0.3 is 6.09 Å². The zero-order valence-corrected chi connectivity index (χ0v) is 18.8. The van der Waals surface area contributed by atoms with E-state index < -0.39 is 39.7 Å². The predicted octanol–water partition coefficient (Wildman–Crippen LogP) is 2.20. The summed E-state index contributed by atoms with van der Waals surface area (Å²) in [6.45, 7) is -0.436. The van der Waals surface area contributed by atoms with E-state index in [9.17, 15) is 28.4 Å². The van der Waals surface area contributed by atoms with Gasteiger partial charge in [-0.1, -0.05) is 0 Å². The van der Waals surface area contributed by atoms with Gasteiger partial charge in [-0.05, 0) is 36.8 Å². The summed E-state index contributed by atoms with van der Waals surface area (Å²) in [5.41, 5.74) is -1.26. The SMILES string of the molecule is CS(=O)(=O)c1ccc(Nc2nn([C@@]3(CC#N)CCN(C(=O)O)C[C@@H]3F)c3cc[nH]c(=O)c23)cc1. The first-order valence-corrected chi connectivity index (χ1v) is 12.1. The number of carbonyl (C=O) groups is 1. The smallest absolute Gasteiger partial charge is 0.407 e. The minimum atomic E-state index is -3.40. The van der Waals surface area contributed by atoms with E-state index in [0.29, 0.717) is 5.69 Å². The van der Waals surface area contributed by atoms with Gasteiger partial charge in [-0.25, -0.2) is 17.6 Å². The quantitative estimate of drug-likeness (QED) is 0.492. The van der Waals surface area contributed by atoms with Crippen molar-refractivity contribution in [1.82, 2.24) is 19.7 Å². The van der Waals surface area contributed by atoms with Gasteiger partial charge in [0.25, 0.3) is 5.56 Å². The number of sulfone groups is 1. The number of pyridine rings is 1. The fourth-order valence-electron chi connectivity index (χ4n) is 4.19. The number of benzene rings is 1. The Balaban J connectivity index is 1.82. The molecule has 11 nitrogen and oxygen atoms in total. The lowest BCUT2D eigenvalue weighted by Crippen LogP contribution is -2.56. The van der Waals surface area contributed by atoms with Crippen LogP contribution in [0.1, 0.15) is 12.8 Å². The molecule has 0 saturated carbocycles. The molecule has 0 radical (unpaired) electrons. The second-order valence-electron chi connectivity index (χ2n) is 8.13. The molecule has 0 spiro atoms. The van der Waals surface area contributed by atoms with Crippen molar-refractivity contribution in [2.24, 2.45) is 0 Å². The molecule has 0 bridgehead atoms. The summed E-state index contributed by atoms with van der Waals surface area (Å²) in [5.74, 6) is 0.0918. The van der Waals surface area contributed by atoms with Gasteiger partial charge in [0.15, 0.2) is 15.7 Å². The number of hydrogen-bond acceptors (Lipinski definition) is 7. The number of aromatic amines is 1. The Morgan fingerprint density at radius 2 is 2.09 bits per heavy atom. The third-order valence-corrected chi connectivity index (χ3v) is 7.13. The Kier molecular flexibility index (Phi) is 5.78. The molecule has 1 aromatic carbocycles. The molecule has 1 aliphatic rings.